The summed E-state index contributed by atoms with van der Waals surface area (Å²) < 4.78 is 6.49. The molecule has 4 rings (SSSR count). The number of piperidine rings is 1. The first-order chi connectivity index (χ1) is 16.9. The predicted molar refractivity (Wildman–Crippen MR) is 150 cm³/mol. The van der Waals surface area contributed by atoms with Crippen LogP contribution < -0.4 is 5.19 Å². The van der Waals surface area contributed by atoms with Crippen molar-refractivity contribution in [3.63, 3.8) is 0 Å². The largest absolute Gasteiger partial charge is 0.460 e. The van der Waals surface area contributed by atoms with Crippen LogP contribution in [0.3, 0.4) is 0 Å². The zero-order valence-electron chi connectivity index (χ0n) is 22.0. The van der Waals surface area contributed by atoms with Gasteiger partial charge < -0.3 is 14.4 Å². The molecule has 7 heteroatoms. The number of ether oxygens (including phenoxy) is 1. The van der Waals surface area contributed by atoms with Crippen molar-refractivity contribution >= 4 is 46.8 Å². The van der Waals surface area contributed by atoms with Gasteiger partial charge in [-0.1, -0.05) is 36.4 Å². The van der Waals surface area contributed by atoms with Crippen molar-refractivity contribution in [2.45, 2.75) is 71.1 Å². The maximum atomic E-state index is 13.3. The molecule has 1 fully saturated rings. The van der Waals surface area contributed by atoms with E-state index in [2.05, 4.69) is 24.3 Å². The van der Waals surface area contributed by atoms with Crippen molar-refractivity contribution in [1.29, 1.82) is 0 Å². The molecule has 1 aliphatic rings. The summed E-state index contributed by atoms with van der Waals surface area (Å²) >= 11 is 1.52. The molecule has 1 amide bonds. The van der Waals surface area contributed by atoms with E-state index >= 15 is 0 Å². The lowest BCUT2D eigenvalue weighted by atomic mass is 9.88. The molecule has 0 saturated carbocycles. The summed E-state index contributed by atoms with van der Waals surface area (Å²) in [6.07, 6.45) is 2.89. The Kier molecular flexibility index (Phi) is 7.74. The quantitative estimate of drug-likeness (QED) is 0.337. The fourth-order valence-corrected chi connectivity index (χ4v) is 7.43. The van der Waals surface area contributed by atoms with Gasteiger partial charge in [0.2, 0.25) is 8.32 Å². The lowest BCUT2D eigenvalue weighted by Gasteiger charge is -2.32. The zero-order chi connectivity index (χ0) is 26.1. The van der Waals surface area contributed by atoms with Gasteiger partial charge in [0.1, 0.15) is 5.60 Å². The lowest BCUT2D eigenvalue weighted by molar-refractivity contribution is -0.154. The van der Waals surface area contributed by atoms with Crippen LogP contribution in [0.2, 0.25) is 13.1 Å². The highest BCUT2D eigenvalue weighted by Gasteiger charge is 2.28. The van der Waals surface area contributed by atoms with Crippen LogP contribution in [-0.4, -0.2) is 48.6 Å². The Hall–Kier alpha value is -2.48. The number of esters is 1. The number of amides is 1. The lowest BCUT2D eigenvalue weighted by Crippen LogP contribution is -2.41. The van der Waals surface area contributed by atoms with Gasteiger partial charge in [-0.3, -0.25) is 9.59 Å². The average Bonchev–Trinajstić information content (AvgIpc) is 3.25. The molecule has 0 atom stereocenters. The highest BCUT2D eigenvalue weighted by Crippen LogP contribution is 2.32. The summed E-state index contributed by atoms with van der Waals surface area (Å²) in [7, 11) is -2.48. The maximum absolute atomic E-state index is 13.3. The van der Waals surface area contributed by atoms with E-state index in [4.69, 9.17) is 4.74 Å². The molecule has 192 valence electrons. The first-order valence-electron chi connectivity index (χ1n) is 12.8. The van der Waals surface area contributed by atoms with E-state index in [0.717, 1.165) is 51.6 Å². The SMILES string of the molecule is CC(C)(C)OC(=O)CCc1cccc(C2CCN(C(=O)c3cc4c([Si](C)(C)O)cccc4s3)CC2)c1. The first kappa shape index (κ1) is 26.6. The monoisotopic (exact) mass is 523 g/mol. The van der Waals surface area contributed by atoms with Gasteiger partial charge in [0.25, 0.3) is 5.91 Å². The Balaban J connectivity index is 1.38. The Morgan fingerprint density at radius 2 is 1.78 bits per heavy atom. The Bertz CT molecular complexity index is 1250. The Morgan fingerprint density at radius 1 is 1.08 bits per heavy atom. The van der Waals surface area contributed by atoms with E-state index in [0.29, 0.717) is 18.8 Å². The summed E-state index contributed by atoms with van der Waals surface area (Å²) in [6.45, 7) is 10.9. The van der Waals surface area contributed by atoms with Crippen LogP contribution in [0.1, 0.15) is 66.8 Å². The molecule has 2 aromatic carbocycles. The van der Waals surface area contributed by atoms with Crippen LogP contribution >= 0.6 is 11.3 Å². The van der Waals surface area contributed by atoms with Crippen molar-refractivity contribution in [2.24, 2.45) is 0 Å². The number of hydrogen-bond acceptors (Lipinski definition) is 5. The minimum Gasteiger partial charge on any atom is -0.460 e. The molecule has 3 aromatic rings. The van der Waals surface area contributed by atoms with E-state index in [1.807, 2.05) is 63.0 Å². The molecule has 0 radical (unpaired) electrons. The average molecular weight is 524 g/mol. The number of hydrogen-bond donors (Lipinski definition) is 1. The van der Waals surface area contributed by atoms with Gasteiger partial charge in [0, 0.05) is 24.2 Å². The van der Waals surface area contributed by atoms with Crippen LogP contribution in [0, 0.1) is 0 Å². The molecule has 1 saturated heterocycles. The number of carbonyl (C=O) groups is 2. The summed E-state index contributed by atoms with van der Waals surface area (Å²) in [4.78, 5) is 38.8. The van der Waals surface area contributed by atoms with Gasteiger partial charge >= 0.3 is 5.97 Å². The van der Waals surface area contributed by atoms with Crippen LogP contribution in [-0.2, 0) is 16.0 Å². The number of thiophene rings is 1. The van der Waals surface area contributed by atoms with Gasteiger partial charge in [0.05, 0.1) is 4.88 Å². The maximum Gasteiger partial charge on any atom is 0.306 e. The van der Waals surface area contributed by atoms with Crippen molar-refractivity contribution in [1.82, 2.24) is 4.90 Å². The normalized spacial score (nSPS) is 15.3. The second-order valence-corrected chi connectivity index (χ2v) is 16.0. The molecule has 1 aromatic heterocycles. The van der Waals surface area contributed by atoms with E-state index < -0.39 is 13.9 Å². The zero-order valence-corrected chi connectivity index (χ0v) is 23.8. The number of likely N-dealkylation sites (tertiary alicyclic amines) is 1. The number of benzene rings is 2. The minimum absolute atomic E-state index is 0.0872. The van der Waals surface area contributed by atoms with Crippen molar-refractivity contribution in [2.75, 3.05) is 13.1 Å². The third-order valence-corrected chi connectivity index (χ3v) is 9.52. The highest BCUT2D eigenvalue weighted by atomic mass is 32.1. The van der Waals surface area contributed by atoms with Gasteiger partial charge in [-0.05, 0) is 92.9 Å². The van der Waals surface area contributed by atoms with E-state index in [-0.39, 0.29) is 11.9 Å². The number of aryl methyl sites for hydroxylation is 1. The molecule has 0 spiro atoms. The third kappa shape index (κ3) is 6.44. The molecule has 0 unspecified atom stereocenters. The molecule has 1 aliphatic heterocycles. The number of rotatable bonds is 6. The molecule has 36 heavy (non-hydrogen) atoms. The van der Waals surface area contributed by atoms with Gasteiger partial charge in [-0.15, -0.1) is 11.3 Å². The number of fused-ring (bicyclic) bond motifs is 1. The molecule has 5 nitrogen and oxygen atoms in total. The van der Waals surface area contributed by atoms with Crippen LogP contribution in [0.4, 0.5) is 0 Å². The molecule has 0 aliphatic carbocycles. The topological polar surface area (TPSA) is 66.8 Å². The fourth-order valence-electron chi connectivity index (χ4n) is 4.91. The summed E-state index contributed by atoms with van der Waals surface area (Å²) in [6, 6.07) is 16.5. The second-order valence-electron chi connectivity index (χ2n) is 11.3. The predicted octanol–water partition coefficient (Wildman–Crippen LogP) is 5.60. The summed E-state index contributed by atoms with van der Waals surface area (Å²) in [5.41, 5.74) is 1.97. The van der Waals surface area contributed by atoms with Gasteiger partial charge in [-0.2, -0.15) is 0 Å². The highest BCUT2D eigenvalue weighted by molar-refractivity contribution is 7.21. The molecule has 1 N–H and O–H groups in total. The second kappa shape index (κ2) is 10.5. The Morgan fingerprint density at radius 3 is 2.44 bits per heavy atom. The van der Waals surface area contributed by atoms with Crippen LogP contribution in [0.15, 0.2) is 48.5 Å². The first-order valence-corrected chi connectivity index (χ1v) is 16.5. The number of nitrogens with zero attached hydrogens (tertiary/aromatic N) is 1. The minimum atomic E-state index is -2.48. The fraction of sp³-hybridized carbons (Fsp3) is 0.448. The van der Waals surface area contributed by atoms with Crippen LogP contribution in [0.5, 0.6) is 0 Å². The Labute approximate surface area is 219 Å². The summed E-state index contributed by atoms with van der Waals surface area (Å²) in [5, 5.41) is 2.00. The summed E-state index contributed by atoms with van der Waals surface area (Å²) in [5.74, 6) is 0.327. The van der Waals surface area contributed by atoms with E-state index in [9.17, 15) is 14.4 Å². The van der Waals surface area contributed by atoms with Crippen LogP contribution in [0.25, 0.3) is 10.1 Å². The smallest absolute Gasteiger partial charge is 0.306 e. The number of carbonyl (C=O) groups excluding carboxylic acids is 2. The standard InChI is InChI=1S/C29H37NO4SSi/c1-29(2,3)34-27(31)13-12-20-8-6-9-22(18-20)21-14-16-30(17-15-21)28(32)25-19-23-24(35-25)10-7-11-26(23)36(4,5)33/h6-11,18-19,21,33H,12-17H2,1-5H3. The van der Waals surface area contributed by atoms with E-state index in [1.165, 1.54) is 16.9 Å². The molecular formula is C29H37NO4SSi. The molecule has 0 bridgehead atoms. The molecular weight excluding hydrogens is 486 g/mol. The van der Waals surface area contributed by atoms with Crippen molar-refractivity contribution < 1.29 is 19.1 Å². The van der Waals surface area contributed by atoms with Crippen molar-refractivity contribution in [3.8, 4) is 0 Å². The van der Waals surface area contributed by atoms with Gasteiger partial charge in [-0.25, -0.2) is 0 Å². The van der Waals surface area contributed by atoms with Gasteiger partial charge in [0.15, 0.2) is 0 Å². The third-order valence-electron chi connectivity index (χ3n) is 6.67. The molecule has 2 heterocycles. The van der Waals surface area contributed by atoms with E-state index in [1.54, 1.807) is 0 Å². The van der Waals surface area contributed by atoms with Crippen molar-refractivity contribution in [3.05, 3.63) is 64.5 Å².